The van der Waals surface area contributed by atoms with Gasteiger partial charge in [-0.1, -0.05) is 24.9 Å². The van der Waals surface area contributed by atoms with E-state index in [9.17, 15) is 4.79 Å². The van der Waals surface area contributed by atoms with Crippen molar-refractivity contribution in [3.05, 3.63) is 23.0 Å². The van der Waals surface area contributed by atoms with E-state index in [4.69, 9.17) is 11.6 Å². The molecule has 0 aromatic heterocycles. The summed E-state index contributed by atoms with van der Waals surface area (Å²) in [6, 6.07) is 0. The Morgan fingerprint density at radius 2 is 2.00 bits per heavy atom. The van der Waals surface area contributed by atoms with Crippen molar-refractivity contribution in [2.24, 2.45) is 0 Å². The summed E-state index contributed by atoms with van der Waals surface area (Å²) in [6.45, 7) is 8.77. The number of allylic oxidation sites excluding steroid dienone is 2. The highest BCUT2D eigenvalue weighted by atomic mass is 35.5. The van der Waals surface area contributed by atoms with Crippen molar-refractivity contribution in [3.63, 3.8) is 0 Å². The third-order valence-corrected chi connectivity index (χ3v) is 1.64. The fourth-order valence-corrected chi connectivity index (χ4v) is 0.867. The summed E-state index contributed by atoms with van der Waals surface area (Å²) in [5.74, 6) is 0. The SMILES string of the molecule is C=C(C)SC(=C)C(=O)Cl. The summed E-state index contributed by atoms with van der Waals surface area (Å²) in [4.78, 5) is 11.4. The first-order valence-electron chi connectivity index (χ1n) is 2.26. The molecule has 0 heterocycles. The second-order valence-electron chi connectivity index (χ2n) is 1.50. The number of rotatable bonds is 3. The zero-order valence-electron chi connectivity index (χ0n) is 5.11. The first-order chi connectivity index (χ1) is 4.04. The van der Waals surface area contributed by atoms with Gasteiger partial charge in [-0.2, -0.15) is 0 Å². The molecule has 0 N–H and O–H groups in total. The zero-order chi connectivity index (χ0) is 7.44. The van der Waals surface area contributed by atoms with Crippen LogP contribution in [0.3, 0.4) is 0 Å². The zero-order valence-corrected chi connectivity index (χ0v) is 6.68. The maximum Gasteiger partial charge on any atom is 0.258 e. The monoisotopic (exact) mass is 162 g/mol. The van der Waals surface area contributed by atoms with E-state index in [2.05, 4.69) is 13.2 Å². The average molecular weight is 163 g/mol. The third-order valence-electron chi connectivity index (χ3n) is 0.517. The highest BCUT2D eigenvalue weighted by Gasteiger charge is 2.01. The Balaban J connectivity index is 3.79. The van der Waals surface area contributed by atoms with Crippen LogP contribution >= 0.6 is 23.4 Å². The van der Waals surface area contributed by atoms with Crippen molar-refractivity contribution in [1.82, 2.24) is 0 Å². The molecular formula is C6H7ClOS. The van der Waals surface area contributed by atoms with Crippen molar-refractivity contribution in [3.8, 4) is 0 Å². The van der Waals surface area contributed by atoms with Crippen molar-refractivity contribution in [1.29, 1.82) is 0 Å². The van der Waals surface area contributed by atoms with Crippen LogP contribution in [0.5, 0.6) is 0 Å². The van der Waals surface area contributed by atoms with Crippen LogP contribution in [0.15, 0.2) is 23.0 Å². The summed E-state index contributed by atoms with van der Waals surface area (Å²) in [6.07, 6.45) is 0. The number of hydrogen-bond donors (Lipinski definition) is 0. The van der Waals surface area contributed by atoms with E-state index < -0.39 is 5.24 Å². The van der Waals surface area contributed by atoms with Gasteiger partial charge in [0.05, 0.1) is 4.91 Å². The minimum Gasteiger partial charge on any atom is -0.275 e. The van der Waals surface area contributed by atoms with E-state index in [1.165, 1.54) is 11.8 Å². The molecule has 0 amide bonds. The van der Waals surface area contributed by atoms with Gasteiger partial charge in [0.1, 0.15) is 0 Å². The third kappa shape index (κ3) is 4.30. The fourth-order valence-electron chi connectivity index (χ4n) is 0.250. The topological polar surface area (TPSA) is 17.1 Å². The normalized spacial score (nSPS) is 8.67. The standard InChI is InChI=1S/C6H7ClOS/c1-4(2)9-5(3)6(7)8/h1,3H2,2H3. The lowest BCUT2D eigenvalue weighted by atomic mass is 10.7. The lowest BCUT2D eigenvalue weighted by molar-refractivity contribution is -0.107. The Morgan fingerprint density at radius 1 is 1.56 bits per heavy atom. The number of halogens is 1. The summed E-state index contributed by atoms with van der Waals surface area (Å²) in [5, 5.41) is -0.511. The molecule has 0 fully saturated rings. The summed E-state index contributed by atoms with van der Waals surface area (Å²) < 4.78 is 0. The molecule has 0 radical (unpaired) electrons. The molecule has 3 heteroatoms. The van der Waals surface area contributed by atoms with Gasteiger partial charge in [0.15, 0.2) is 0 Å². The molecular weight excluding hydrogens is 156 g/mol. The van der Waals surface area contributed by atoms with Gasteiger partial charge >= 0.3 is 0 Å². The first kappa shape index (κ1) is 8.79. The smallest absolute Gasteiger partial charge is 0.258 e. The molecule has 0 bridgehead atoms. The van der Waals surface area contributed by atoms with Crippen LogP contribution in [0.1, 0.15) is 6.92 Å². The summed E-state index contributed by atoms with van der Waals surface area (Å²) in [7, 11) is 0. The number of carbonyl (C=O) groups excluding carboxylic acids is 1. The van der Waals surface area contributed by atoms with Gasteiger partial charge in [-0.15, -0.1) is 0 Å². The van der Waals surface area contributed by atoms with Crippen molar-refractivity contribution in [2.75, 3.05) is 0 Å². The van der Waals surface area contributed by atoms with E-state index in [0.717, 1.165) is 4.91 Å². The molecule has 0 aromatic rings. The molecule has 0 unspecified atom stereocenters. The summed E-state index contributed by atoms with van der Waals surface area (Å²) >= 11 is 6.26. The Kier molecular flexibility index (Phi) is 3.66. The number of thioether (sulfide) groups is 1. The predicted octanol–water partition coefficient (Wildman–Crippen LogP) is 2.53. The second-order valence-corrected chi connectivity index (χ2v) is 3.24. The molecule has 50 valence electrons. The van der Waals surface area contributed by atoms with Crippen LogP contribution in [0.4, 0.5) is 0 Å². The van der Waals surface area contributed by atoms with E-state index in [1.54, 1.807) is 6.92 Å². The van der Waals surface area contributed by atoms with Crippen molar-refractivity contribution >= 4 is 28.6 Å². The fraction of sp³-hybridized carbons (Fsp3) is 0.167. The van der Waals surface area contributed by atoms with Gasteiger partial charge in [0, 0.05) is 0 Å². The average Bonchev–Trinajstić information content (AvgIpc) is 1.63. The van der Waals surface area contributed by atoms with Crippen LogP contribution in [0.2, 0.25) is 0 Å². The van der Waals surface area contributed by atoms with E-state index in [1.807, 2.05) is 0 Å². The molecule has 0 aromatic carbocycles. The van der Waals surface area contributed by atoms with Crippen molar-refractivity contribution in [2.45, 2.75) is 6.92 Å². The number of carbonyl (C=O) groups is 1. The number of hydrogen-bond acceptors (Lipinski definition) is 2. The van der Waals surface area contributed by atoms with Crippen LogP contribution in [0.25, 0.3) is 0 Å². The van der Waals surface area contributed by atoms with Crippen LogP contribution < -0.4 is 0 Å². The van der Waals surface area contributed by atoms with Crippen LogP contribution in [-0.2, 0) is 4.79 Å². The largest absolute Gasteiger partial charge is 0.275 e. The van der Waals surface area contributed by atoms with Gasteiger partial charge in [0.2, 0.25) is 0 Å². The van der Waals surface area contributed by atoms with Gasteiger partial charge in [0.25, 0.3) is 5.24 Å². The predicted molar refractivity (Wildman–Crippen MR) is 42.4 cm³/mol. The highest BCUT2D eigenvalue weighted by Crippen LogP contribution is 2.22. The second kappa shape index (κ2) is 3.75. The molecule has 0 saturated carbocycles. The Bertz CT molecular complexity index is 162. The maximum absolute atomic E-state index is 10.3. The minimum absolute atomic E-state index is 0.323. The molecule has 0 saturated heterocycles. The van der Waals surface area contributed by atoms with Gasteiger partial charge in [-0.25, -0.2) is 0 Å². The van der Waals surface area contributed by atoms with Crippen LogP contribution in [-0.4, -0.2) is 5.24 Å². The lowest BCUT2D eigenvalue weighted by Crippen LogP contribution is -1.84. The van der Waals surface area contributed by atoms with Crippen molar-refractivity contribution < 1.29 is 4.79 Å². The lowest BCUT2D eigenvalue weighted by Gasteiger charge is -1.95. The van der Waals surface area contributed by atoms with E-state index in [0.29, 0.717) is 4.91 Å². The molecule has 0 spiro atoms. The first-order valence-corrected chi connectivity index (χ1v) is 3.45. The highest BCUT2D eigenvalue weighted by molar-refractivity contribution is 8.07. The van der Waals surface area contributed by atoms with Gasteiger partial charge in [-0.3, -0.25) is 4.79 Å². The summed E-state index contributed by atoms with van der Waals surface area (Å²) in [5.41, 5.74) is 0. The molecule has 0 atom stereocenters. The quantitative estimate of drug-likeness (QED) is 0.469. The van der Waals surface area contributed by atoms with E-state index >= 15 is 0 Å². The molecule has 1 nitrogen and oxygen atoms in total. The van der Waals surface area contributed by atoms with E-state index in [-0.39, 0.29) is 0 Å². The Hall–Kier alpha value is -0.210. The molecule has 0 rings (SSSR count). The minimum atomic E-state index is -0.511. The maximum atomic E-state index is 10.3. The molecule has 0 aliphatic heterocycles. The Morgan fingerprint density at radius 3 is 2.11 bits per heavy atom. The Labute approximate surface area is 63.8 Å². The van der Waals surface area contributed by atoms with Gasteiger partial charge < -0.3 is 0 Å². The molecule has 0 aliphatic carbocycles. The molecule has 9 heavy (non-hydrogen) atoms. The van der Waals surface area contributed by atoms with Crippen LogP contribution in [0, 0.1) is 0 Å². The molecule has 0 aliphatic rings. The van der Waals surface area contributed by atoms with Gasteiger partial charge in [-0.05, 0) is 23.4 Å².